The zero-order valence-electron chi connectivity index (χ0n) is 14.5. The minimum Gasteiger partial charge on any atom is -0.493 e. The molecule has 0 aromatic heterocycles. The minimum absolute atomic E-state index is 0.0469. The molecule has 0 fully saturated rings. The van der Waals surface area contributed by atoms with Crippen molar-refractivity contribution in [2.75, 3.05) is 13.7 Å². The topological polar surface area (TPSA) is 84.9 Å². The molecule has 0 aliphatic rings. The Labute approximate surface area is 156 Å². The second-order valence-corrected chi connectivity index (χ2v) is 6.17. The van der Waals surface area contributed by atoms with Gasteiger partial charge in [-0.3, -0.25) is 9.59 Å². The van der Waals surface area contributed by atoms with E-state index in [0.29, 0.717) is 28.7 Å². The Hall–Kier alpha value is -2.73. The molecule has 2 aromatic rings. The van der Waals surface area contributed by atoms with E-state index < -0.39 is 11.9 Å². The molecule has 0 aliphatic heterocycles. The molecule has 7 heteroatoms. The number of rotatable bonds is 8. The fourth-order valence-electron chi connectivity index (χ4n) is 2.10. The zero-order chi connectivity index (χ0) is 19.1. The lowest BCUT2D eigenvalue weighted by Gasteiger charge is -2.13. The summed E-state index contributed by atoms with van der Waals surface area (Å²) < 4.78 is 11.0. The predicted octanol–water partition coefficient (Wildman–Crippen LogP) is 3.38. The molecular formula is C19H20ClNO5. The Balaban J connectivity index is 2.02. The van der Waals surface area contributed by atoms with E-state index in [1.165, 1.54) is 14.0 Å². The molecule has 2 N–H and O–H groups in total. The van der Waals surface area contributed by atoms with Crippen molar-refractivity contribution in [2.24, 2.45) is 5.92 Å². The molecule has 0 radical (unpaired) electrons. The number of nitrogens with one attached hydrogen (secondary N) is 1. The number of aliphatic carboxylic acids is 1. The number of carboxylic acid groups (broad SMARTS) is 1. The van der Waals surface area contributed by atoms with Gasteiger partial charge in [-0.1, -0.05) is 30.7 Å². The third-order valence-corrected chi connectivity index (χ3v) is 3.98. The highest BCUT2D eigenvalue weighted by molar-refractivity contribution is 6.30. The van der Waals surface area contributed by atoms with Crippen LogP contribution in [0.1, 0.15) is 22.8 Å². The summed E-state index contributed by atoms with van der Waals surface area (Å²) in [6.45, 7) is 1.90. The maximum atomic E-state index is 12.1. The van der Waals surface area contributed by atoms with E-state index in [2.05, 4.69) is 5.32 Å². The van der Waals surface area contributed by atoms with Gasteiger partial charge in [-0.2, -0.15) is 0 Å². The van der Waals surface area contributed by atoms with Crippen molar-refractivity contribution >= 4 is 23.5 Å². The molecule has 1 amide bonds. The van der Waals surface area contributed by atoms with Crippen LogP contribution in [0.5, 0.6) is 11.5 Å². The number of methoxy groups -OCH3 is 1. The van der Waals surface area contributed by atoms with E-state index in [4.69, 9.17) is 26.2 Å². The van der Waals surface area contributed by atoms with Crippen molar-refractivity contribution in [1.29, 1.82) is 0 Å². The van der Waals surface area contributed by atoms with Gasteiger partial charge in [0.25, 0.3) is 5.91 Å². The summed E-state index contributed by atoms with van der Waals surface area (Å²) >= 11 is 5.85. The van der Waals surface area contributed by atoms with Crippen LogP contribution in [0.25, 0.3) is 0 Å². The summed E-state index contributed by atoms with van der Waals surface area (Å²) in [4.78, 5) is 23.0. The van der Waals surface area contributed by atoms with Crippen LogP contribution in [0, 0.1) is 5.92 Å². The number of halogens is 1. The summed E-state index contributed by atoms with van der Waals surface area (Å²) in [5.74, 6) is -1.09. The second-order valence-electron chi connectivity index (χ2n) is 5.73. The summed E-state index contributed by atoms with van der Waals surface area (Å²) in [7, 11) is 1.48. The normalized spacial score (nSPS) is 11.5. The molecule has 0 heterocycles. The quantitative estimate of drug-likeness (QED) is 0.736. The van der Waals surface area contributed by atoms with Crippen LogP contribution in [0.15, 0.2) is 42.5 Å². The number of hydrogen-bond donors (Lipinski definition) is 2. The van der Waals surface area contributed by atoms with Gasteiger partial charge in [0.1, 0.15) is 6.61 Å². The Morgan fingerprint density at radius 2 is 1.85 bits per heavy atom. The first-order chi connectivity index (χ1) is 12.4. The Bertz CT molecular complexity index is 776. The molecule has 0 saturated carbocycles. The molecule has 0 spiro atoms. The van der Waals surface area contributed by atoms with E-state index >= 15 is 0 Å². The van der Waals surface area contributed by atoms with E-state index in [0.717, 1.165) is 5.56 Å². The van der Waals surface area contributed by atoms with Crippen LogP contribution in [0.2, 0.25) is 5.02 Å². The fourth-order valence-corrected chi connectivity index (χ4v) is 2.23. The van der Waals surface area contributed by atoms with Crippen molar-refractivity contribution in [2.45, 2.75) is 13.5 Å². The average molecular weight is 378 g/mol. The standard InChI is InChI=1S/C19H20ClNO5/c1-12(19(23)24)10-21-18(22)14-5-8-16(17(9-14)25-2)26-11-13-3-6-15(20)7-4-13/h3-9,12H,10-11H2,1-2H3,(H,21,22)(H,23,24). The van der Waals surface area contributed by atoms with Crippen molar-refractivity contribution in [3.8, 4) is 11.5 Å². The van der Waals surface area contributed by atoms with Gasteiger partial charge in [0, 0.05) is 17.1 Å². The van der Waals surface area contributed by atoms with Gasteiger partial charge in [-0.25, -0.2) is 0 Å². The molecule has 6 nitrogen and oxygen atoms in total. The van der Waals surface area contributed by atoms with Crippen LogP contribution < -0.4 is 14.8 Å². The van der Waals surface area contributed by atoms with Crippen molar-refractivity contribution < 1.29 is 24.2 Å². The Kier molecular flexibility index (Phi) is 6.86. The van der Waals surface area contributed by atoms with E-state index in [9.17, 15) is 9.59 Å². The largest absolute Gasteiger partial charge is 0.493 e. The molecule has 0 aliphatic carbocycles. The number of carbonyl (C=O) groups is 2. The number of carbonyl (C=O) groups excluding carboxylic acids is 1. The van der Waals surface area contributed by atoms with E-state index in [1.54, 1.807) is 30.3 Å². The highest BCUT2D eigenvalue weighted by Gasteiger charge is 2.15. The minimum atomic E-state index is -0.964. The van der Waals surface area contributed by atoms with Crippen LogP contribution in [0.3, 0.4) is 0 Å². The Morgan fingerprint density at radius 1 is 1.15 bits per heavy atom. The zero-order valence-corrected chi connectivity index (χ0v) is 15.2. The Morgan fingerprint density at radius 3 is 2.46 bits per heavy atom. The summed E-state index contributed by atoms with van der Waals surface area (Å²) in [5.41, 5.74) is 1.30. The molecular weight excluding hydrogens is 358 g/mol. The fraction of sp³-hybridized carbons (Fsp3) is 0.263. The SMILES string of the molecule is COc1cc(C(=O)NCC(C)C(=O)O)ccc1OCc1ccc(Cl)cc1. The molecule has 1 unspecified atom stereocenters. The average Bonchev–Trinajstić information content (AvgIpc) is 2.65. The van der Waals surface area contributed by atoms with Gasteiger partial charge in [0.15, 0.2) is 11.5 Å². The highest BCUT2D eigenvalue weighted by Crippen LogP contribution is 2.29. The van der Waals surface area contributed by atoms with Gasteiger partial charge < -0.3 is 19.9 Å². The predicted molar refractivity (Wildman–Crippen MR) is 97.9 cm³/mol. The van der Waals surface area contributed by atoms with Crippen LogP contribution in [-0.2, 0) is 11.4 Å². The smallest absolute Gasteiger partial charge is 0.308 e. The van der Waals surface area contributed by atoms with Crippen molar-refractivity contribution in [3.63, 3.8) is 0 Å². The lowest BCUT2D eigenvalue weighted by atomic mass is 10.1. The molecule has 1 atom stereocenters. The number of ether oxygens (including phenoxy) is 2. The highest BCUT2D eigenvalue weighted by atomic mass is 35.5. The molecule has 2 rings (SSSR count). The lowest BCUT2D eigenvalue weighted by Crippen LogP contribution is -2.31. The first-order valence-electron chi connectivity index (χ1n) is 7.97. The van der Waals surface area contributed by atoms with E-state index in [1.807, 2.05) is 12.1 Å². The van der Waals surface area contributed by atoms with Crippen LogP contribution in [0.4, 0.5) is 0 Å². The second kappa shape index (κ2) is 9.10. The maximum absolute atomic E-state index is 12.1. The molecule has 2 aromatic carbocycles. The lowest BCUT2D eigenvalue weighted by molar-refractivity contribution is -0.140. The summed E-state index contributed by atoms with van der Waals surface area (Å²) in [6.07, 6.45) is 0. The van der Waals surface area contributed by atoms with Gasteiger partial charge in [-0.15, -0.1) is 0 Å². The van der Waals surface area contributed by atoms with Gasteiger partial charge >= 0.3 is 5.97 Å². The molecule has 26 heavy (non-hydrogen) atoms. The van der Waals surface area contributed by atoms with Crippen molar-refractivity contribution in [3.05, 3.63) is 58.6 Å². The third kappa shape index (κ3) is 5.39. The number of benzene rings is 2. The molecule has 138 valence electrons. The number of carboxylic acids is 1. The van der Waals surface area contributed by atoms with Crippen LogP contribution in [-0.4, -0.2) is 30.6 Å². The first kappa shape index (κ1) is 19.6. The monoisotopic (exact) mass is 377 g/mol. The molecule has 0 saturated heterocycles. The number of hydrogen-bond acceptors (Lipinski definition) is 4. The van der Waals surface area contributed by atoms with Gasteiger partial charge in [0.05, 0.1) is 13.0 Å². The van der Waals surface area contributed by atoms with Crippen molar-refractivity contribution in [1.82, 2.24) is 5.32 Å². The van der Waals surface area contributed by atoms with Gasteiger partial charge in [0.2, 0.25) is 0 Å². The first-order valence-corrected chi connectivity index (χ1v) is 8.34. The summed E-state index contributed by atoms with van der Waals surface area (Å²) in [5, 5.41) is 12.1. The molecule has 0 bridgehead atoms. The summed E-state index contributed by atoms with van der Waals surface area (Å²) in [6, 6.07) is 12.1. The third-order valence-electron chi connectivity index (χ3n) is 3.72. The van der Waals surface area contributed by atoms with Crippen LogP contribution >= 0.6 is 11.6 Å². The van der Waals surface area contributed by atoms with Gasteiger partial charge in [-0.05, 0) is 35.9 Å². The number of amides is 1. The maximum Gasteiger partial charge on any atom is 0.308 e. The van der Waals surface area contributed by atoms with E-state index in [-0.39, 0.29) is 12.5 Å².